The first kappa shape index (κ1) is 85.4. The second-order valence-corrected chi connectivity index (χ2v) is 33.2. The summed E-state index contributed by atoms with van der Waals surface area (Å²) in [7, 11) is -12.7. The van der Waals surface area contributed by atoms with Crippen LogP contribution in [0.3, 0.4) is 0 Å². The van der Waals surface area contributed by atoms with Gasteiger partial charge in [-0.2, -0.15) is 8.62 Å². The van der Waals surface area contributed by atoms with Crippen LogP contribution in [0.4, 0.5) is 5.82 Å². The minimum atomic E-state index is -5.82. The van der Waals surface area contributed by atoms with Gasteiger partial charge in [-0.25, -0.2) is 28.5 Å². The molecule has 2 saturated heterocycles. The first-order valence-corrected chi connectivity index (χ1v) is 41.6. The van der Waals surface area contributed by atoms with E-state index >= 15 is 0 Å². The summed E-state index contributed by atoms with van der Waals surface area (Å²) in [5.74, 6) is -2.97. The van der Waals surface area contributed by atoms with Gasteiger partial charge in [0.25, 0.3) is 5.91 Å². The quantitative estimate of drug-likeness (QED) is 0.0123. The summed E-state index contributed by atoms with van der Waals surface area (Å²) in [5, 5.41) is 49.2. The number of phosphoric acid groups is 3. The number of aliphatic hydroxyl groups is 1. The molecule has 8 rings (SSSR count). The van der Waals surface area contributed by atoms with E-state index in [-0.39, 0.29) is 116 Å². The Bertz CT molecular complexity index is 4390. The molecule has 4 heterocycles. The number of ether oxygens (including phenoxy) is 1. The van der Waals surface area contributed by atoms with Gasteiger partial charge in [0.15, 0.2) is 0 Å². The molecule has 9 unspecified atom stereocenters. The number of aliphatic imine (C=N–C) groups is 1. The highest BCUT2D eigenvalue weighted by Crippen LogP contribution is 2.66. The van der Waals surface area contributed by atoms with E-state index in [2.05, 4.69) is 96.0 Å². The zero-order chi connectivity index (χ0) is 78.9. The molecule has 0 spiro atoms. The van der Waals surface area contributed by atoms with Gasteiger partial charge < -0.3 is 86.1 Å². The van der Waals surface area contributed by atoms with Gasteiger partial charge in [0.05, 0.1) is 48.8 Å². The van der Waals surface area contributed by atoms with Gasteiger partial charge in [0, 0.05) is 81.0 Å². The number of carbonyl (C=O) groups excluding carboxylic acids is 6. The summed E-state index contributed by atoms with van der Waals surface area (Å²) < 4.78 is 54.4. The summed E-state index contributed by atoms with van der Waals surface area (Å²) in [5.41, 5.74) is 16.2. The van der Waals surface area contributed by atoms with E-state index in [1.807, 2.05) is 36.5 Å². The largest absolute Gasteiger partial charge is 0.490 e. The van der Waals surface area contributed by atoms with Crippen LogP contribution in [-0.4, -0.2) is 211 Å². The lowest BCUT2D eigenvalue weighted by atomic mass is 9.65. The number of carbonyl (C=O) groups is 9. The van der Waals surface area contributed by atoms with Crippen molar-refractivity contribution in [1.29, 1.82) is 0 Å². The summed E-state index contributed by atoms with van der Waals surface area (Å²) in [4.78, 5) is 172. The second-order valence-electron chi connectivity index (χ2n) is 26.1. The van der Waals surface area contributed by atoms with Crippen molar-refractivity contribution >= 4 is 121 Å². The number of allylic oxidation sites excluding steroid dienone is 4. The van der Waals surface area contributed by atoms with Gasteiger partial charge in [-0.3, -0.25) is 47.9 Å². The Balaban J connectivity index is 0.859. The van der Waals surface area contributed by atoms with E-state index in [4.69, 9.17) is 25.2 Å². The third-order valence-electron chi connectivity index (χ3n) is 18.2. The average Bonchev–Trinajstić information content (AvgIpc) is 0.884. The van der Waals surface area contributed by atoms with E-state index in [1.165, 1.54) is 65.1 Å². The van der Waals surface area contributed by atoms with E-state index in [9.17, 15) is 87.1 Å². The van der Waals surface area contributed by atoms with Crippen LogP contribution in [0.2, 0.25) is 0 Å². The fourth-order valence-corrected chi connectivity index (χ4v) is 18.3. The summed E-state index contributed by atoms with van der Waals surface area (Å²) >= 11 is 0. The molecule has 0 bridgehead atoms. The van der Waals surface area contributed by atoms with Crippen molar-refractivity contribution in [3.05, 3.63) is 111 Å². The molecule has 2 aliphatic carbocycles. The number of nitrogens with two attached hydrogens (primary N) is 1. The van der Waals surface area contributed by atoms with Crippen LogP contribution >= 0.6 is 45.1 Å². The van der Waals surface area contributed by atoms with Gasteiger partial charge in [-0.05, 0) is 111 Å². The van der Waals surface area contributed by atoms with Crippen LogP contribution in [0, 0.1) is 24.7 Å². The Hall–Kier alpha value is -8.17. The minimum Gasteiger partial charge on any atom is -0.481 e. The van der Waals surface area contributed by atoms with Gasteiger partial charge in [0.2, 0.25) is 29.5 Å². The molecule has 6 amide bonds. The van der Waals surface area contributed by atoms with Crippen LogP contribution in [0.1, 0.15) is 147 Å². The van der Waals surface area contributed by atoms with Crippen molar-refractivity contribution < 1.29 is 115 Å². The number of hydrogen-bond acceptors (Lipinski definition) is 23. The lowest BCUT2D eigenvalue weighted by molar-refractivity contribution is -0.148. The number of phosphoric ester groups is 1. The van der Waals surface area contributed by atoms with Crippen molar-refractivity contribution in [3.63, 3.8) is 0 Å². The van der Waals surface area contributed by atoms with Crippen LogP contribution in [0.25, 0.3) is 11.0 Å². The fourth-order valence-electron chi connectivity index (χ4n) is 13.2. The van der Waals surface area contributed by atoms with E-state index < -0.39 is 127 Å². The highest BCUT2D eigenvalue weighted by Gasteiger charge is 2.45. The van der Waals surface area contributed by atoms with Crippen LogP contribution in [0.15, 0.2) is 77.2 Å². The van der Waals surface area contributed by atoms with Crippen molar-refractivity contribution in [2.45, 2.75) is 160 Å². The number of amides is 6. The number of nitrogen functional groups attached to an aromatic ring is 1. The molecule has 2 aliphatic heterocycles. The molecule has 14 N–H and O–H groups in total. The molecular weight excluding hydrogens is 1510 g/mol. The maximum atomic E-state index is 14.7. The number of anilines is 1. The number of fused-ring (bicyclic) bond motifs is 3. The van der Waals surface area contributed by atoms with Gasteiger partial charge in [0.1, 0.15) is 54.3 Å². The normalized spacial score (nSPS) is 20.6. The third-order valence-corrected chi connectivity index (χ3v) is 24.5. The Morgan fingerprint density at radius 1 is 0.870 bits per heavy atom. The lowest BCUT2D eigenvalue weighted by Gasteiger charge is -2.38. The zero-order valence-electron chi connectivity index (χ0n) is 59.6. The number of aryl methyl sites for hydroxylation is 2. The number of nitrogens with one attached hydrogen (secondary N) is 4. The molecule has 586 valence electrons. The monoisotopic (exact) mass is 1600 g/mol. The number of carboxylic acid groups (broad SMARTS) is 3. The number of benzene rings is 2. The molecule has 11 atom stereocenters. The topological polar surface area (TPSA) is 527 Å². The Morgan fingerprint density at radius 3 is 2.28 bits per heavy atom. The average molecular weight is 1600 g/mol. The van der Waals surface area contributed by atoms with Crippen molar-refractivity contribution in [1.82, 2.24) is 45.6 Å². The SMILES string of the molecule is CCCc1cc2c(cc1C)C(c1ccccc1C(=O)N(C)CCCC(=O)N1CCCC1C(=O)NC(CCCSSCCC(=O)NCC#Cc1cn([C@H]3CC(O)[C@@H](COP(=O)(O)OP(=O)(O)OP(=O)(O)O)O3)c3ncnc(N)c13)C(=O)NC(CC(=O)O)C(=O)NC(CC(=O)O)C(=O)O)C1C=C(C)/C(=N/CC)C=C1C2. The Morgan fingerprint density at radius 2 is 1.57 bits per heavy atom. The molecule has 35 nitrogen and oxygen atoms in total. The smallest absolute Gasteiger partial charge is 0.481 e. The van der Waals surface area contributed by atoms with Gasteiger partial charge in [-0.1, -0.05) is 88.8 Å². The fraction of sp³-hybridized carbons (Fsp3) is 0.500. The number of nitrogens with zero attached hydrogens (tertiary/aromatic N) is 6. The minimum absolute atomic E-state index is 0.00560. The second kappa shape index (κ2) is 38.5. The summed E-state index contributed by atoms with van der Waals surface area (Å²) in [6.07, 6.45) is 4.55. The number of aliphatic carboxylic acids is 3. The first-order valence-electron chi connectivity index (χ1n) is 34.6. The molecule has 4 aromatic rings. The van der Waals surface area contributed by atoms with Gasteiger partial charge in [-0.15, -0.1) is 0 Å². The van der Waals surface area contributed by atoms with Gasteiger partial charge >= 0.3 is 41.4 Å². The molecule has 0 saturated carbocycles. The number of carboxylic acids is 3. The molecule has 2 aromatic carbocycles. The molecule has 108 heavy (non-hydrogen) atoms. The number of hydrogen-bond donors (Lipinski definition) is 13. The van der Waals surface area contributed by atoms with Crippen molar-refractivity contribution in [2.24, 2.45) is 10.9 Å². The highest BCUT2D eigenvalue weighted by atomic mass is 33.1. The van der Waals surface area contributed by atoms with Crippen molar-refractivity contribution in [2.75, 3.05) is 57.1 Å². The van der Waals surface area contributed by atoms with Crippen LogP contribution in [0.5, 0.6) is 0 Å². The Kier molecular flexibility index (Phi) is 30.4. The molecule has 40 heteroatoms. The van der Waals surface area contributed by atoms with Crippen LogP contribution < -0.4 is 27.0 Å². The summed E-state index contributed by atoms with van der Waals surface area (Å²) in [6.45, 7) is 8.31. The standard InChI is InChI=1S/C68H88N11O24P3S2/c1-6-14-40-29-42-30-43-31-49(70-7-2)39(4)28-47(43)61(46(42)27-38(40)3)44-16-8-9-17-45(44)67(90)77(5)23-12-20-56(82)78-24-11-19-52(78)66(89)74-48(64(87)75-50(32-58(83)84)65(88)76-51(68(91)92)33-59(85)86)18-13-25-107-108-26-21-55(81)71-22-10-15-41-35-79(63-60(41)62(69)72-37-73-63)57-34-53(80)54(101-57)36-100-105(96,97)103-106(98,99)102-104(93,94)95/h8-9,16-17,27-29,31,35,37,47-48,50-54,57,61,80H,6-7,11-14,18-26,30,32-34,36H2,1-5H3,(H,71,81)(H,74,89)(H,75,87)(H,76,88)(H,83,84)(H,85,86)(H,91,92)(H,96,97)(H,98,99)(H2,69,72,73)(H2,93,94,95)/b70-49+/t47?,48?,50?,51?,52?,53?,54-,57-,61?/m1/s1. The maximum Gasteiger partial charge on any atom is 0.490 e. The van der Waals surface area contributed by atoms with Crippen LogP contribution in [-0.2, 0) is 82.8 Å². The summed E-state index contributed by atoms with van der Waals surface area (Å²) in [6, 6.07) is 5.77. The van der Waals surface area contributed by atoms with E-state index in [0.717, 1.165) is 42.4 Å². The predicted molar refractivity (Wildman–Crippen MR) is 394 cm³/mol. The number of aromatic nitrogens is 3. The molecule has 4 aliphatic rings. The van der Waals surface area contributed by atoms with E-state index in [1.54, 1.807) is 11.9 Å². The molecule has 0 radical (unpaired) electrons. The predicted octanol–water partition coefficient (Wildman–Crippen LogP) is 4.97. The lowest BCUT2D eigenvalue weighted by Crippen LogP contribution is -2.58. The zero-order valence-corrected chi connectivity index (χ0v) is 64.0. The number of rotatable bonds is 37. The van der Waals surface area contributed by atoms with E-state index in [0.29, 0.717) is 24.3 Å². The molecule has 2 aromatic heterocycles. The number of likely N-dealkylation sites (tertiary alicyclic amines) is 1. The highest BCUT2D eigenvalue weighted by molar-refractivity contribution is 8.76. The van der Waals surface area contributed by atoms with Crippen molar-refractivity contribution in [3.8, 4) is 11.8 Å². The number of aliphatic hydroxyl groups excluding tert-OH is 1. The molecule has 2 fully saturated rings. The third kappa shape index (κ3) is 23.4. The Labute approximate surface area is 628 Å². The molecular formula is C68H88N11O24P3S2. The maximum absolute atomic E-state index is 14.7. The first-order chi connectivity index (χ1) is 51.1.